The second-order valence-electron chi connectivity index (χ2n) is 4.15. The number of aliphatic hydroxyl groups excluding tert-OH is 1. The van der Waals surface area contributed by atoms with Crippen molar-refractivity contribution in [2.75, 3.05) is 26.2 Å². The summed E-state index contributed by atoms with van der Waals surface area (Å²) in [5, 5.41) is 12.8. The molecule has 1 fully saturated rings. The highest BCUT2D eigenvalue weighted by atomic mass is 79.9. The number of nitrogens with one attached hydrogen (secondary N) is 1. The summed E-state index contributed by atoms with van der Waals surface area (Å²) in [7, 11) is 0. The third-order valence-electron chi connectivity index (χ3n) is 2.80. The van der Waals surface area contributed by atoms with Gasteiger partial charge < -0.3 is 10.4 Å². The van der Waals surface area contributed by atoms with Crippen molar-refractivity contribution in [1.82, 2.24) is 10.2 Å². The van der Waals surface area contributed by atoms with E-state index in [-0.39, 0.29) is 5.91 Å². The lowest BCUT2D eigenvalue weighted by atomic mass is 10.1. The second kappa shape index (κ2) is 5.62. The van der Waals surface area contributed by atoms with Crippen LogP contribution in [0.1, 0.15) is 11.7 Å². The highest BCUT2D eigenvalue weighted by Gasteiger charge is 2.19. The van der Waals surface area contributed by atoms with Gasteiger partial charge in [0.1, 0.15) is 0 Å². The first-order chi connectivity index (χ1) is 8.15. The minimum Gasteiger partial charge on any atom is -0.387 e. The van der Waals surface area contributed by atoms with Crippen molar-refractivity contribution in [3.05, 3.63) is 34.3 Å². The molecule has 1 amide bonds. The van der Waals surface area contributed by atoms with Crippen LogP contribution in [0, 0.1) is 0 Å². The van der Waals surface area contributed by atoms with Crippen molar-refractivity contribution in [2.24, 2.45) is 0 Å². The van der Waals surface area contributed by atoms with Crippen LogP contribution in [-0.2, 0) is 4.79 Å². The van der Waals surface area contributed by atoms with E-state index in [1.165, 1.54) is 0 Å². The average molecular weight is 299 g/mol. The average Bonchev–Trinajstić information content (AvgIpc) is 2.29. The zero-order valence-corrected chi connectivity index (χ0v) is 11.0. The zero-order valence-electron chi connectivity index (χ0n) is 9.40. The smallest absolute Gasteiger partial charge is 0.234 e. The van der Waals surface area contributed by atoms with Gasteiger partial charge in [0, 0.05) is 24.1 Å². The summed E-state index contributed by atoms with van der Waals surface area (Å²) in [5.41, 5.74) is 0.874. The Morgan fingerprint density at radius 1 is 1.41 bits per heavy atom. The summed E-state index contributed by atoms with van der Waals surface area (Å²) < 4.78 is 0.991. The molecular weight excluding hydrogens is 284 g/mol. The summed E-state index contributed by atoms with van der Waals surface area (Å²) in [6.07, 6.45) is -0.547. The van der Waals surface area contributed by atoms with Crippen LogP contribution in [0.3, 0.4) is 0 Å². The van der Waals surface area contributed by atoms with Crippen LogP contribution in [0.4, 0.5) is 0 Å². The van der Waals surface area contributed by atoms with Crippen LogP contribution >= 0.6 is 15.9 Å². The van der Waals surface area contributed by atoms with Crippen molar-refractivity contribution in [3.63, 3.8) is 0 Å². The standard InChI is InChI=1S/C12H15BrN2O2/c13-10-3-1-9(2-4-10)11(16)7-15-6-5-14-12(17)8-15/h1-4,11,16H,5-8H2,(H,14,17). The van der Waals surface area contributed by atoms with Gasteiger partial charge in [-0.2, -0.15) is 0 Å². The summed E-state index contributed by atoms with van der Waals surface area (Å²) in [4.78, 5) is 13.2. The lowest BCUT2D eigenvalue weighted by Gasteiger charge is -2.28. The lowest BCUT2D eigenvalue weighted by Crippen LogP contribution is -2.48. The van der Waals surface area contributed by atoms with E-state index >= 15 is 0 Å². The van der Waals surface area contributed by atoms with E-state index in [0.29, 0.717) is 19.6 Å². The number of carbonyl (C=O) groups excluding carboxylic acids is 1. The number of halogens is 1. The number of aliphatic hydroxyl groups is 1. The third kappa shape index (κ3) is 3.52. The molecule has 0 spiro atoms. The number of amides is 1. The SMILES string of the molecule is O=C1CN(CC(O)c2ccc(Br)cc2)CCN1. The lowest BCUT2D eigenvalue weighted by molar-refractivity contribution is -0.124. The molecule has 2 rings (SSSR count). The fourth-order valence-corrected chi connectivity index (χ4v) is 2.15. The number of nitrogens with zero attached hydrogens (tertiary/aromatic N) is 1. The molecule has 1 unspecified atom stereocenters. The van der Waals surface area contributed by atoms with E-state index < -0.39 is 6.10 Å². The van der Waals surface area contributed by atoms with Gasteiger partial charge in [-0.15, -0.1) is 0 Å². The van der Waals surface area contributed by atoms with Crippen molar-refractivity contribution >= 4 is 21.8 Å². The molecule has 1 atom stereocenters. The molecule has 0 aromatic heterocycles. The van der Waals surface area contributed by atoms with Crippen LogP contribution in [0.5, 0.6) is 0 Å². The van der Waals surface area contributed by atoms with Crippen LogP contribution in [-0.4, -0.2) is 42.1 Å². The molecule has 17 heavy (non-hydrogen) atoms. The van der Waals surface area contributed by atoms with Crippen LogP contribution < -0.4 is 5.32 Å². The zero-order chi connectivity index (χ0) is 12.3. The quantitative estimate of drug-likeness (QED) is 0.872. The van der Waals surface area contributed by atoms with E-state index in [1.54, 1.807) is 0 Å². The molecular formula is C12H15BrN2O2. The summed E-state index contributed by atoms with van der Waals surface area (Å²) in [6, 6.07) is 7.58. The highest BCUT2D eigenvalue weighted by Crippen LogP contribution is 2.17. The van der Waals surface area contributed by atoms with Gasteiger partial charge in [-0.05, 0) is 17.7 Å². The van der Waals surface area contributed by atoms with Gasteiger partial charge in [-0.3, -0.25) is 9.69 Å². The van der Waals surface area contributed by atoms with Gasteiger partial charge in [-0.1, -0.05) is 28.1 Å². The fraction of sp³-hybridized carbons (Fsp3) is 0.417. The third-order valence-corrected chi connectivity index (χ3v) is 3.33. The van der Waals surface area contributed by atoms with Gasteiger partial charge in [0.15, 0.2) is 0 Å². The van der Waals surface area contributed by atoms with Gasteiger partial charge in [-0.25, -0.2) is 0 Å². The van der Waals surface area contributed by atoms with Gasteiger partial charge in [0.05, 0.1) is 12.6 Å². The Balaban J connectivity index is 1.94. The number of hydrogen-bond acceptors (Lipinski definition) is 3. The molecule has 1 heterocycles. The molecule has 5 heteroatoms. The molecule has 1 aliphatic heterocycles. The maximum atomic E-state index is 11.2. The van der Waals surface area contributed by atoms with Gasteiger partial charge >= 0.3 is 0 Å². The first-order valence-corrected chi connectivity index (χ1v) is 6.37. The minimum absolute atomic E-state index is 0.0271. The number of rotatable bonds is 3. The Hall–Kier alpha value is -0.910. The predicted molar refractivity (Wildman–Crippen MR) is 68.6 cm³/mol. The Morgan fingerprint density at radius 3 is 2.76 bits per heavy atom. The molecule has 1 aliphatic rings. The van der Waals surface area contributed by atoms with Gasteiger partial charge in [0.25, 0.3) is 0 Å². The topological polar surface area (TPSA) is 52.6 Å². The summed E-state index contributed by atoms with van der Waals surface area (Å²) in [5.74, 6) is 0.0271. The molecule has 1 saturated heterocycles. The summed E-state index contributed by atoms with van der Waals surface area (Å²) >= 11 is 3.36. The van der Waals surface area contributed by atoms with E-state index in [9.17, 15) is 9.90 Å². The van der Waals surface area contributed by atoms with E-state index in [1.807, 2.05) is 29.2 Å². The maximum absolute atomic E-state index is 11.2. The van der Waals surface area contributed by atoms with E-state index in [0.717, 1.165) is 16.6 Å². The molecule has 0 aliphatic carbocycles. The number of β-amino-alcohol motifs (C(OH)–C–C–N with tert-alkyl or cyclic N) is 1. The predicted octanol–water partition coefficient (Wildman–Crippen LogP) is 0.914. The van der Waals surface area contributed by atoms with E-state index in [4.69, 9.17) is 0 Å². The van der Waals surface area contributed by atoms with Crippen molar-refractivity contribution in [3.8, 4) is 0 Å². The monoisotopic (exact) mass is 298 g/mol. The molecule has 0 bridgehead atoms. The van der Waals surface area contributed by atoms with Crippen molar-refractivity contribution in [1.29, 1.82) is 0 Å². The van der Waals surface area contributed by atoms with Crippen LogP contribution in [0.2, 0.25) is 0 Å². The first kappa shape index (κ1) is 12.5. The minimum atomic E-state index is -0.547. The van der Waals surface area contributed by atoms with Gasteiger partial charge in [0.2, 0.25) is 5.91 Å². The second-order valence-corrected chi connectivity index (χ2v) is 5.07. The Kier molecular flexibility index (Phi) is 4.15. The normalized spacial score (nSPS) is 18.8. The first-order valence-electron chi connectivity index (χ1n) is 5.58. The molecule has 2 N–H and O–H groups in total. The highest BCUT2D eigenvalue weighted by molar-refractivity contribution is 9.10. The maximum Gasteiger partial charge on any atom is 0.234 e. The van der Waals surface area contributed by atoms with E-state index in [2.05, 4.69) is 21.2 Å². The Labute approximate surface area is 109 Å². The Bertz CT molecular complexity index is 394. The van der Waals surface area contributed by atoms with Crippen molar-refractivity contribution in [2.45, 2.75) is 6.10 Å². The number of hydrogen-bond donors (Lipinski definition) is 2. The number of carbonyl (C=O) groups is 1. The largest absolute Gasteiger partial charge is 0.387 e. The Morgan fingerprint density at radius 2 is 2.12 bits per heavy atom. The molecule has 1 aromatic rings. The van der Waals surface area contributed by atoms with Crippen LogP contribution in [0.25, 0.3) is 0 Å². The molecule has 4 nitrogen and oxygen atoms in total. The molecule has 92 valence electrons. The molecule has 0 saturated carbocycles. The fourth-order valence-electron chi connectivity index (χ4n) is 1.88. The molecule has 1 aromatic carbocycles. The van der Waals surface area contributed by atoms with Crippen molar-refractivity contribution < 1.29 is 9.90 Å². The number of benzene rings is 1. The summed E-state index contributed by atoms with van der Waals surface area (Å²) in [6.45, 7) is 2.31. The molecule has 0 radical (unpaired) electrons. The number of piperazine rings is 1. The van der Waals surface area contributed by atoms with Crippen LogP contribution in [0.15, 0.2) is 28.7 Å².